The number of aliphatic hydroxyl groups is 1. The normalized spacial score (nSPS) is 15.1. The standard InChI is InChI=1S/C14H10.C12H25NO.C5H10O.C2H6.CH4O/c1-3-7-13(8-4-1)11-12-14-9-5-2-6-10-14;1-4-6-7-9-13-10-8-12(13,5-2)11-14-3;1-3-4-5(2)6;2*1-2/h1-10H;4-11H2,1-3H3;3-4H2,1-2H3;1-2H3;2H,1H3. The molecule has 4 heteroatoms. The predicted octanol–water partition coefficient (Wildman–Crippen LogP) is 7.77. The van der Waals surface area contributed by atoms with Crippen molar-refractivity contribution in [2.45, 2.75) is 92.0 Å². The molecule has 1 N–H and O–H groups in total. The van der Waals surface area contributed by atoms with Crippen molar-refractivity contribution in [3.05, 3.63) is 71.8 Å². The van der Waals surface area contributed by atoms with Crippen LogP contribution in [0.2, 0.25) is 0 Å². The SMILES string of the molecule is C(#Cc1ccccc1)c1ccccc1.CC.CCCC(C)=O.CCCCCN1CCC1(CC)COC.CO. The van der Waals surface area contributed by atoms with Crippen LogP contribution in [0.1, 0.15) is 97.6 Å². The third-order valence-electron chi connectivity index (χ3n) is 6.12. The summed E-state index contributed by atoms with van der Waals surface area (Å²) in [6, 6.07) is 20.0. The monoisotopic (exact) mass is 525 g/mol. The van der Waals surface area contributed by atoms with Gasteiger partial charge in [0, 0.05) is 43.9 Å². The summed E-state index contributed by atoms with van der Waals surface area (Å²) in [7, 11) is 2.82. The Bertz CT molecular complexity index is 795. The molecule has 2 aromatic rings. The maximum atomic E-state index is 10.0. The Labute approximate surface area is 234 Å². The maximum Gasteiger partial charge on any atom is 0.129 e. The Morgan fingerprint density at radius 1 is 0.895 bits per heavy atom. The van der Waals surface area contributed by atoms with E-state index in [2.05, 4.69) is 30.6 Å². The van der Waals surface area contributed by atoms with Gasteiger partial charge in [0.1, 0.15) is 5.78 Å². The molecule has 38 heavy (non-hydrogen) atoms. The van der Waals surface area contributed by atoms with E-state index in [0.29, 0.717) is 5.54 Å². The molecule has 1 fully saturated rings. The number of carbonyl (C=O) groups excluding carboxylic acids is 1. The summed E-state index contributed by atoms with van der Waals surface area (Å²) in [5, 5.41) is 7.00. The van der Waals surface area contributed by atoms with E-state index in [-0.39, 0.29) is 5.78 Å². The van der Waals surface area contributed by atoms with Gasteiger partial charge in [0.15, 0.2) is 0 Å². The first-order valence-corrected chi connectivity index (χ1v) is 14.3. The molecule has 214 valence electrons. The van der Waals surface area contributed by atoms with Crippen LogP contribution >= 0.6 is 0 Å². The average molecular weight is 526 g/mol. The minimum Gasteiger partial charge on any atom is -0.400 e. The Balaban J connectivity index is 0. The molecular formula is C34H55NO3. The molecule has 1 aliphatic rings. The van der Waals surface area contributed by atoms with Gasteiger partial charge < -0.3 is 14.6 Å². The third kappa shape index (κ3) is 17.1. The number of nitrogens with zero attached hydrogens (tertiary/aromatic N) is 1. The molecule has 1 atom stereocenters. The van der Waals surface area contributed by atoms with Crippen molar-refractivity contribution in [3.63, 3.8) is 0 Å². The van der Waals surface area contributed by atoms with Gasteiger partial charge in [0.2, 0.25) is 0 Å². The number of aliphatic hydroxyl groups excluding tert-OH is 1. The first-order valence-electron chi connectivity index (χ1n) is 14.3. The summed E-state index contributed by atoms with van der Waals surface area (Å²) >= 11 is 0. The van der Waals surface area contributed by atoms with Crippen LogP contribution in [-0.2, 0) is 9.53 Å². The number of Topliss-reactive ketones (excluding diaryl/α,β-unsaturated/α-hetero) is 1. The lowest BCUT2D eigenvalue weighted by atomic mass is 9.82. The zero-order valence-electron chi connectivity index (χ0n) is 25.6. The van der Waals surface area contributed by atoms with E-state index in [0.717, 1.165) is 37.7 Å². The highest BCUT2D eigenvalue weighted by molar-refractivity contribution is 5.75. The highest BCUT2D eigenvalue weighted by Gasteiger charge is 2.42. The van der Waals surface area contributed by atoms with Crippen LogP contribution in [0, 0.1) is 11.8 Å². The van der Waals surface area contributed by atoms with Crippen LogP contribution in [0.25, 0.3) is 0 Å². The summed E-state index contributed by atoms with van der Waals surface area (Å²) in [4.78, 5) is 12.7. The molecule has 3 rings (SSSR count). The predicted molar refractivity (Wildman–Crippen MR) is 165 cm³/mol. The van der Waals surface area contributed by atoms with E-state index >= 15 is 0 Å². The van der Waals surface area contributed by atoms with Crippen molar-refractivity contribution in [1.82, 2.24) is 4.90 Å². The second kappa shape index (κ2) is 26.2. The number of ether oxygens (including phenoxy) is 1. The van der Waals surface area contributed by atoms with Gasteiger partial charge in [0.25, 0.3) is 0 Å². The fourth-order valence-electron chi connectivity index (χ4n) is 3.96. The first-order chi connectivity index (χ1) is 18.5. The van der Waals surface area contributed by atoms with E-state index in [1.165, 1.54) is 45.2 Å². The Morgan fingerprint density at radius 2 is 1.39 bits per heavy atom. The van der Waals surface area contributed by atoms with Gasteiger partial charge in [-0.3, -0.25) is 4.90 Å². The molecule has 4 nitrogen and oxygen atoms in total. The number of likely N-dealkylation sites (tertiary alicyclic amines) is 1. The molecule has 0 aromatic heterocycles. The highest BCUT2D eigenvalue weighted by atomic mass is 16.5. The molecule has 1 unspecified atom stereocenters. The van der Waals surface area contributed by atoms with Gasteiger partial charge in [-0.1, -0.05) is 95.7 Å². The van der Waals surface area contributed by atoms with Crippen molar-refractivity contribution in [3.8, 4) is 11.8 Å². The number of hydrogen-bond acceptors (Lipinski definition) is 4. The fourth-order valence-corrected chi connectivity index (χ4v) is 3.96. The summed E-state index contributed by atoms with van der Waals surface area (Å²) in [6.07, 6.45) is 8.30. The molecule has 1 heterocycles. The maximum absolute atomic E-state index is 10.0. The fraction of sp³-hybridized carbons (Fsp3) is 0.559. The smallest absolute Gasteiger partial charge is 0.129 e. The average Bonchev–Trinajstić information content (AvgIpc) is 2.96. The van der Waals surface area contributed by atoms with Gasteiger partial charge in [-0.05, 0) is 63.4 Å². The highest BCUT2D eigenvalue weighted by Crippen LogP contribution is 2.34. The zero-order valence-corrected chi connectivity index (χ0v) is 25.6. The van der Waals surface area contributed by atoms with Gasteiger partial charge in [-0.15, -0.1) is 0 Å². The minimum atomic E-state index is 0.289. The van der Waals surface area contributed by atoms with Crippen molar-refractivity contribution in [1.29, 1.82) is 0 Å². The first kappa shape index (κ1) is 37.7. The van der Waals surface area contributed by atoms with Gasteiger partial charge >= 0.3 is 0 Å². The molecule has 1 aliphatic heterocycles. The molecule has 0 amide bonds. The van der Waals surface area contributed by atoms with Crippen LogP contribution in [-0.4, -0.2) is 55.2 Å². The lowest BCUT2D eigenvalue weighted by Crippen LogP contribution is -2.62. The zero-order chi connectivity index (χ0) is 29.1. The molecular weight excluding hydrogens is 470 g/mol. The van der Waals surface area contributed by atoms with Crippen LogP contribution in [0.3, 0.4) is 0 Å². The number of benzene rings is 2. The second-order valence-electron chi connectivity index (χ2n) is 8.89. The lowest BCUT2D eigenvalue weighted by molar-refractivity contribution is -0.117. The minimum absolute atomic E-state index is 0.289. The molecule has 0 radical (unpaired) electrons. The summed E-state index contributed by atoms with van der Waals surface area (Å²) in [6.45, 7) is 15.6. The van der Waals surface area contributed by atoms with E-state index in [1.54, 1.807) is 6.92 Å². The topological polar surface area (TPSA) is 49.8 Å². The number of ketones is 1. The van der Waals surface area contributed by atoms with Gasteiger partial charge in [0.05, 0.1) is 6.61 Å². The van der Waals surface area contributed by atoms with Crippen LogP contribution in [0.4, 0.5) is 0 Å². The molecule has 0 aliphatic carbocycles. The second-order valence-corrected chi connectivity index (χ2v) is 8.89. The van der Waals surface area contributed by atoms with E-state index in [4.69, 9.17) is 9.84 Å². The number of carbonyl (C=O) groups is 1. The van der Waals surface area contributed by atoms with E-state index in [9.17, 15) is 4.79 Å². The third-order valence-corrected chi connectivity index (χ3v) is 6.12. The number of unbranched alkanes of at least 4 members (excludes halogenated alkanes) is 2. The van der Waals surface area contributed by atoms with Crippen molar-refractivity contribution in [2.75, 3.05) is 33.9 Å². The molecule has 1 saturated heterocycles. The lowest BCUT2D eigenvalue weighted by Gasteiger charge is -2.52. The van der Waals surface area contributed by atoms with Crippen LogP contribution in [0.15, 0.2) is 60.7 Å². The summed E-state index contributed by atoms with van der Waals surface area (Å²) in [5.41, 5.74) is 2.50. The largest absolute Gasteiger partial charge is 0.400 e. The molecule has 0 bridgehead atoms. The van der Waals surface area contributed by atoms with Gasteiger partial charge in [-0.2, -0.15) is 0 Å². The molecule has 0 spiro atoms. The Morgan fingerprint density at radius 3 is 1.68 bits per heavy atom. The number of methoxy groups -OCH3 is 1. The molecule has 2 aromatic carbocycles. The van der Waals surface area contributed by atoms with Crippen molar-refractivity contribution >= 4 is 5.78 Å². The van der Waals surface area contributed by atoms with Gasteiger partial charge in [-0.25, -0.2) is 0 Å². The van der Waals surface area contributed by atoms with E-state index < -0.39 is 0 Å². The van der Waals surface area contributed by atoms with E-state index in [1.807, 2.05) is 88.5 Å². The van der Waals surface area contributed by atoms with Crippen molar-refractivity contribution < 1.29 is 14.6 Å². The number of hydrogen-bond donors (Lipinski definition) is 1. The Kier molecular flexibility index (Phi) is 26.0. The summed E-state index contributed by atoms with van der Waals surface area (Å²) < 4.78 is 5.33. The Hall–Kier alpha value is -2.45. The number of rotatable bonds is 9. The summed E-state index contributed by atoms with van der Waals surface area (Å²) in [5.74, 6) is 6.51. The quantitative estimate of drug-likeness (QED) is 0.268. The van der Waals surface area contributed by atoms with Crippen LogP contribution < -0.4 is 0 Å². The van der Waals surface area contributed by atoms with Crippen LogP contribution in [0.5, 0.6) is 0 Å². The molecule has 0 saturated carbocycles. The van der Waals surface area contributed by atoms with Crippen molar-refractivity contribution in [2.24, 2.45) is 0 Å².